The maximum Gasteiger partial charge on any atom is 0.226 e. The van der Waals surface area contributed by atoms with Crippen LogP contribution in [0.2, 0.25) is 0 Å². The fourth-order valence-electron chi connectivity index (χ4n) is 1.27. The molecular weight excluding hydrogens is 192 g/mol. The van der Waals surface area contributed by atoms with E-state index in [9.17, 15) is 4.79 Å². The van der Waals surface area contributed by atoms with E-state index in [0.29, 0.717) is 17.7 Å². The molecule has 0 aromatic carbocycles. The molecule has 0 unspecified atom stereocenters. The van der Waals surface area contributed by atoms with Gasteiger partial charge in [0.15, 0.2) is 0 Å². The lowest BCUT2D eigenvalue weighted by Crippen LogP contribution is -2.10. The van der Waals surface area contributed by atoms with Crippen LogP contribution in [0.4, 0.5) is 5.88 Å². The SMILES string of the molecule is CCCC(=O)Nc1oc(C)c(C)c1C#N. The molecule has 15 heavy (non-hydrogen) atoms. The van der Waals surface area contributed by atoms with Crippen molar-refractivity contribution in [1.82, 2.24) is 0 Å². The van der Waals surface area contributed by atoms with Crippen LogP contribution in [0.15, 0.2) is 4.42 Å². The van der Waals surface area contributed by atoms with Crippen LogP contribution in [0.25, 0.3) is 0 Å². The van der Waals surface area contributed by atoms with Gasteiger partial charge in [-0.3, -0.25) is 10.1 Å². The number of hydrogen-bond donors (Lipinski definition) is 1. The van der Waals surface area contributed by atoms with Gasteiger partial charge in [-0.2, -0.15) is 5.26 Å². The second-order valence-corrected chi connectivity index (χ2v) is 3.40. The Morgan fingerprint density at radius 3 is 2.73 bits per heavy atom. The maximum absolute atomic E-state index is 11.3. The number of rotatable bonds is 3. The number of amides is 1. The van der Waals surface area contributed by atoms with Gasteiger partial charge in [0.1, 0.15) is 17.4 Å². The van der Waals surface area contributed by atoms with Crippen LogP contribution in [0.1, 0.15) is 36.7 Å². The van der Waals surface area contributed by atoms with Crippen molar-refractivity contribution in [2.24, 2.45) is 0 Å². The second-order valence-electron chi connectivity index (χ2n) is 3.40. The van der Waals surface area contributed by atoms with E-state index in [1.54, 1.807) is 13.8 Å². The van der Waals surface area contributed by atoms with Crippen molar-refractivity contribution in [1.29, 1.82) is 5.26 Å². The summed E-state index contributed by atoms with van der Waals surface area (Å²) in [5.74, 6) is 0.812. The van der Waals surface area contributed by atoms with Gasteiger partial charge in [-0.05, 0) is 20.3 Å². The summed E-state index contributed by atoms with van der Waals surface area (Å²) >= 11 is 0. The molecule has 0 bridgehead atoms. The van der Waals surface area contributed by atoms with Crippen LogP contribution in [0.3, 0.4) is 0 Å². The number of anilines is 1. The van der Waals surface area contributed by atoms with E-state index >= 15 is 0 Å². The van der Waals surface area contributed by atoms with Crippen LogP contribution in [0, 0.1) is 25.2 Å². The summed E-state index contributed by atoms with van der Waals surface area (Å²) in [6.45, 7) is 5.49. The number of carbonyl (C=O) groups excluding carboxylic acids is 1. The Morgan fingerprint density at radius 1 is 1.53 bits per heavy atom. The fraction of sp³-hybridized carbons (Fsp3) is 0.455. The number of aryl methyl sites for hydroxylation is 1. The lowest BCUT2D eigenvalue weighted by molar-refractivity contribution is -0.116. The normalized spacial score (nSPS) is 9.73. The van der Waals surface area contributed by atoms with Crippen molar-refractivity contribution in [3.63, 3.8) is 0 Å². The monoisotopic (exact) mass is 206 g/mol. The first kappa shape index (κ1) is 11.3. The summed E-state index contributed by atoms with van der Waals surface area (Å²) < 4.78 is 5.30. The van der Waals surface area contributed by atoms with Crippen LogP contribution >= 0.6 is 0 Å². The Kier molecular flexibility index (Phi) is 3.51. The van der Waals surface area contributed by atoms with Crippen LogP contribution in [-0.4, -0.2) is 5.91 Å². The smallest absolute Gasteiger partial charge is 0.226 e. The number of nitriles is 1. The third-order valence-electron chi connectivity index (χ3n) is 2.23. The summed E-state index contributed by atoms with van der Waals surface area (Å²) in [5, 5.41) is 11.5. The number of nitrogens with one attached hydrogen (secondary N) is 1. The predicted molar refractivity (Wildman–Crippen MR) is 56.4 cm³/mol. The Labute approximate surface area is 88.9 Å². The van der Waals surface area contributed by atoms with Crippen LogP contribution in [0.5, 0.6) is 0 Å². The average Bonchev–Trinajstić information content (AvgIpc) is 2.42. The van der Waals surface area contributed by atoms with Gasteiger partial charge < -0.3 is 4.42 Å². The van der Waals surface area contributed by atoms with Gasteiger partial charge in [-0.15, -0.1) is 0 Å². The van der Waals surface area contributed by atoms with Crippen molar-refractivity contribution in [3.8, 4) is 6.07 Å². The van der Waals surface area contributed by atoms with E-state index in [1.807, 2.05) is 13.0 Å². The summed E-state index contributed by atoms with van der Waals surface area (Å²) in [6.07, 6.45) is 1.20. The standard InChI is InChI=1S/C11H14N2O2/c1-4-5-10(14)13-11-9(6-12)7(2)8(3)15-11/h4-5H2,1-3H3,(H,13,14). The van der Waals surface area contributed by atoms with Crippen LogP contribution in [-0.2, 0) is 4.79 Å². The molecule has 0 saturated carbocycles. The number of nitrogens with zero attached hydrogens (tertiary/aromatic N) is 1. The number of furan rings is 1. The highest BCUT2D eigenvalue weighted by molar-refractivity contribution is 5.90. The van der Waals surface area contributed by atoms with E-state index in [2.05, 4.69) is 5.32 Å². The average molecular weight is 206 g/mol. The van der Waals surface area contributed by atoms with Gasteiger partial charge in [0.05, 0.1) is 0 Å². The van der Waals surface area contributed by atoms with E-state index in [4.69, 9.17) is 9.68 Å². The molecule has 1 aromatic rings. The Bertz CT molecular complexity index is 413. The van der Waals surface area contributed by atoms with Crippen molar-refractivity contribution in [2.45, 2.75) is 33.6 Å². The zero-order chi connectivity index (χ0) is 11.4. The predicted octanol–water partition coefficient (Wildman–Crippen LogP) is 2.51. The second kappa shape index (κ2) is 4.65. The molecule has 4 heteroatoms. The van der Waals surface area contributed by atoms with Gasteiger partial charge in [-0.25, -0.2) is 0 Å². The van der Waals surface area contributed by atoms with Gasteiger partial charge in [-0.1, -0.05) is 6.92 Å². The molecule has 4 nitrogen and oxygen atoms in total. The van der Waals surface area contributed by atoms with E-state index in [1.165, 1.54) is 0 Å². The highest BCUT2D eigenvalue weighted by Crippen LogP contribution is 2.25. The molecule has 0 atom stereocenters. The van der Waals surface area contributed by atoms with Crippen molar-refractivity contribution < 1.29 is 9.21 Å². The van der Waals surface area contributed by atoms with Crippen molar-refractivity contribution in [2.75, 3.05) is 5.32 Å². The minimum Gasteiger partial charge on any atom is -0.444 e. The Hall–Kier alpha value is -1.76. The molecule has 1 heterocycles. The lowest BCUT2D eigenvalue weighted by atomic mass is 10.2. The minimum atomic E-state index is -0.122. The summed E-state index contributed by atoms with van der Waals surface area (Å²) in [6, 6.07) is 2.02. The largest absolute Gasteiger partial charge is 0.444 e. The molecule has 0 spiro atoms. The fourth-order valence-corrected chi connectivity index (χ4v) is 1.27. The molecule has 0 fully saturated rings. The van der Waals surface area contributed by atoms with Crippen molar-refractivity contribution in [3.05, 3.63) is 16.9 Å². The van der Waals surface area contributed by atoms with E-state index in [-0.39, 0.29) is 11.8 Å². The van der Waals surface area contributed by atoms with Crippen molar-refractivity contribution >= 4 is 11.8 Å². The topological polar surface area (TPSA) is 66.0 Å². The molecule has 0 aliphatic rings. The molecule has 1 rings (SSSR count). The molecule has 1 amide bonds. The number of carbonyl (C=O) groups is 1. The summed E-state index contributed by atoms with van der Waals surface area (Å²) in [4.78, 5) is 11.3. The molecule has 1 aromatic heterocycles. The third kappa shape index (κ3) is 2.38. The zero-order valence-electron chi connectivity index (χ0n) is 9.18. The third-order valence-corrected chi connectivity index (χ3v) is 2.23. The summed E-state index contributed by atoms with van der Waals surface area (Å²) in [7, 11) is 0. The molecule has 0 aliphatic carbocycles. The minimum absolute atomic E-state index is 0.122. The molecule has 0 saturated heterocycles. The first-order valence-electron chi connectivity index (χ1n) is 4.90. The first-order valence-corrected chi connectivity index (χ1v) is 4.90. The molecule has 1 N–H and O–H groups in total. The molecule has 0 aliphatic heterocycles. The Balaban J connectivity index is 2.91. The van der Waals surface area contributed by atoms with Gasteiger partial charge in [0.2, 0.25) is 11.8 Å². The number of hydrogen-bond acceptors (Lipinski definition) is 3. The molecule has 80 valence electrons. The maximum atomic E-state index is 11.3. The highest BCUT2D eigenvalue weighted by atomic mass is 16.4. The molecular formula is C11H14N2O2. The van der Waals surface area contributed by atoms with Gasteiger partial charge in [0.25, 0.3) is 0 Å². The zero-order valence-corrected chi connectivity index (χ0v) is 9.18. The van der Waals surface area contributed by atoms with E-state index in [0.717, 1.165) is 12.0 Å². The Morgan fingerprint density at radius 2 is 2.20 bits per heavy atom. The van der Waals surface area contributed by atoms with E-state index < -0.39 is 0 Å². The lowest BCUT2D eigenvalue weighted by Gasteiger charge is -1.99. The van der Waals surface area contributed by atoms with Gasteiger partial charge >= 0.3 is 0 Å². The molecule has 0 radical (unpaired) electrons. The summed E-state index contributed by atoms with van der Waals surface area (Å²) in [5.41, 5.74) is 1.20. The van der Waals surface area contributed by atoms with Crippen LogP contribution < -0.4 is 5.32 Å². The van der Waals surface area contributed by atoms with Gasteiger partial charge in [0, 0.05) is 12.0 Å². The quantitative estimate of drug-likeness (QED) is 0.826. The first-order chi connectivity index (χ1) is 7.10. The highest BCUT2D eigenvalue weighted by Gasteiger charge is 2.15.